The van der Waals surface area contributed by atoms with Crippen molar-refractivity contribution in [1.82, 2.24) is 4.90 Å². The first-order valence-electron chi connectivity index (χ1n) is 7.99. The lowest BCUT2D eigenvalue weighted by Gasteiger charge is -2.29. The summed E-state index contributed by atoms with van der Waals surface area (Å²) in [6.07, 6.45) is 1.88. The summed E-state index contributed by atoms with van der Waals surface area (Å²) in [6.45, 7) is 9.81. The van der Waals surface area contributed by atoms with Gasteiger partial charge in [-0.05, 0) is 63.3 Å². The molecule has 2 rings (SSSR count). The Balaban J connectivity index is 1.95. The number of likely N-dealkylation sites (N-methyl/N-ethyl adjacent to an activating group) is 1. The van der Waals surface area contributed by atoms with E-state index in [-0.39, 0.29) is 0 Å². The minimum absolute atomic E-state index is 0.407. The number of rotatable bonds is 5. The van der Waals surface area contributed by atoms with Gasteiger partial charge in [0.25, 0.3) is 0 Å². The maximum Gasteiger partial charge on any atom is 0.0921 e. The molecule has 0 spiro atoms. The molecule has 0 bridgehead atoms. The van der Waals surface area contributed by atoms with Gasteiger partial charge in [-0.15, -0.1) is 0 Å². The van der Waals surface area contributed by atoms with Crippen LogP contribution in [0.1, 0.15) is 41.2 Å². The molecule has 1 fully saturated rings. The van der Waals surface area contributed by atoms with Crippen molar-refractivity contribution in [3.8, 4) is 0 Å². The maximum atomic E-state index is 10.6. The molecule has 0 saturated carbocycles. The summed E-state index contributed by atoms with van der Waals surface area (Å²) in [5.74, 6) is 0.705. The fourth-order valence-corrected chi connectivity index (χ4v) is 3.55. The Morgan fingerprint density at radius 2 is 1.76 bits per heavy atom. The Labute approximate surface area is 128 Å². The van der Waals surface area contributed by atoms with Crippen molar-refractivity contribution >= 4 is 0 Å². The molecular weight excluding hydrogens is 262 g/mol. The summed E-state index contributed by atoms with van der Waals surface area (Å²) in [7, 11) is 2.11. The van der Waals surface area contributed by atoms with Gasteiger partial charge in [-0.25, -0.2) is 0 Å². The Bertz CT molecular complexity index is 443. The van der Waals surface area contributed by atoms with Crippen LogP contribution < -0.4 is 0 Å². The van der Waals surface area contributed by atoms with Gasteiger partial charge in [0.15, 0.2) is 0 Å². The van der Waals surface area contributed by atoms with Crippen LogP contribution >= 0.6 is 0 Å². The molecule has 0 aliphatic carbocycles. The zero-order valence-corrected chi connectivity index (χ0v) is 13.9. The van der Waals surface area contributed by atoms with Gasteiger partial charge in [0.2, 0.25) is 0 Å². The van der Waals surface area contributed by atoms with E-state index in [9.17, 15) is 5.11 Å². The molecule has 0 amide bonds. The summed E-state index contributed by atoms with van der Waals surface area (Å²) >= 11 is 0. The molecule has 1 unspecified atom stereocenters. The molecule has 1 heterocycles. The SMILES string of the molecule is Cc1cc(C)c(C(O)CN(C)CC2CCOCC2)c(C)c1. The monoisotopic (exact) mass is 291 g/mol. The zero-order chi connectivity index (χ0) is 15.4. The summed E-state index contributed by atoms with van der Waals surface area (Å²) in [5.41, 5.74) is 4.75. The average molecular weight is 291 g/mol. The van der Waals surface area contributed by atoms with Crippen molar-refractivity contribution in [3.05, 3.63) is 34.4 Å². The Morgan fingerprint density at radius 3 is 2.33 bits per heavy atom. The molecule has 0 radical (unpaired) electrons. The third-order valence-corrected chi connectivity index (χ3v) is 4.47. The van der Waals surface area contributed by atoms with Gasteiger partial charge in [-0.3, -0.25) is 0 Å². The van der Waals surface area contributed by atoms with E-state index in [1.165, 1.54) is 16.7 Å². The second-order valence-electron chi connectivity index (χ2n) is 6.61. The Hall–Kier alpha value is -0.900. The van der Waals surface area contributed by atoms with Crippen molar-refractivity contribution in [2.45, 2.75) is 39.7 Å². The van der Waals surface area contributed by atoms with Crippen LogP contribution in [0.5, 0.6) is 0 Å². The molecule has 3 heteroatoms. The van der Waals surface area contributed by atoms with Gasteiger partial charge in [-0.1, -0.05) is 17.7 Å². The van der Waals surface area contributed by atoms with Crippen molar-refractivity contribution < 1.29 is 9.84 Å². The molecule has 3 nitrogen and oxygen atoms in total. The fourth-order valence-electron chi connectivity index (χ4n) is 3.55. The fraction of sp³-hybridized carbons (Fsp3) is 0.667. The number of aryl methyl sites for hydroxylation is 3. The number of hydrogen-bond donors (Lipinski definition) is 1. The Morgan fingerprint density at radius 1 is 1.19 bits per heavy atom. The van der Waals surface area contributed by atoms with Crippen LogP contribution in [-0.4, -0.2) is 43.4 Å². The highest BCUT2D eigenvalue weighted by molar-refractivity contribution is 5.39. The van der Waals surface area contributed by atoms with Crippen LogP contribution in [0.2, 0.25) is 0 Å². The average Bonchev–Trinajstić information content (AvgIpc) is 2.38. The molecule has 118 valence electrons. The molecule has 1 aromatic carbocycles. The van der Waals surface area contributed by atoms with E-state index in [0.717, 1.165) is 38.2 Å². The van der Waals surface area contributed by atoms with Gasteiger partial charge in [0.1, 0.15) is 0 Å². The zero-order valence-electron chi connectivity index (χ0n) is 13.9. The predicted octanol–water partition coefficient (Wildman–Crippen LogP) is 3.00. The smallest absolute Gasteiger partial charge is 0.0921 e. The molecule has 1 aromatic rings. The van der Waals surface area contributed by atoms with Crippen LogP contribution in [0.15, 0.2) is 12.1 Å². The van der Waals surface area contributed by atoms with Crippen LogP contribution in [0.3, 0.4) is 0 Å². The summed E-state index contributed by atoms with van der Waals surface area (Å²) < 4.78 is 5.41. The first-order chi connectivity index (χ1) is 9.97. The number of ether oxygens (including phenoxy) is 1. The third kappa shape index (κ3) is 4.53. The number of aliphatic hydroxyl groups is 1. The van der Waals surface area contributed by atoms with Gasteiger partial charge < -0.3 is 14.7 Å². The van der Waals surface area contributed by atoms with Gasteiger partial charge >= 0.3 is 0 Å². The Kier molecular flexibility index (Phi) is 5.80. The lowest BCUT2D eigenvalue weighted by atomic mass is 9.95. The maximum absolute atomic E-state index is 10.6. The second kappa shape index (κ2) is 7.39. The van der Waals surface area contributed by atoms with E-state index < -0.39 is 6.10 Å². The summed E-state index contributed by atoms with van der Waals surface area (Å²) in [4.78, 5) is 2.26. The first-order valence-corrected chi connectivity index (χ1v) is 7.99. The lowest BCUT2D eigenvalue weighted by molar-refractivity contribution is 0.0477. The van der Waals surface area contributed by atoms with Crippen molar-refractivity contribution in [2.75, 3.05) is 33.4 Å². The summed E-state index contributed by atoms with van der Waals surface area (Å²) in [5, 5.41) is 10.6. The molecular formula is C18H29NO2. The third-order valence-electron chi connectivity index (χ3n) is 4.47. The van der Waals surface area contributed by atoms with Crippen molar-refractivity contribution in [1.29, 1.82) is 0 Å². The number of nitrogens with zero attached hydrogens (tertiary/aromatic N) is 1. The highest BCUT2D eigenvalue weighted by Crippen LogP contribution is 2.25. The molecule has 1 aliphatic heterocycles. The van der Waals surface area contributed by atoms with Gasteiger partial charge in [0, 0.05) is 26.3 Å². The van der Waals surface area contributed by atoms with E-state index in [2.05, 4.69) is 44.9 Å². The number of benzene rings is 1. The van der Waals surface area contributed by atoms with Crippen LogP contribution in [0.4, 0.5) is 0 Å². The first kappa shape index (κ1) is 16.5. The van der Waals surface area contributed by atoms with E-state index in [4.69, 9.17) is 4.74 Å². The van der Waals surface area contributed by atoms with Gasteiger partial charge in [-0.2, -0.15) is 0 Å². The normalized spacial score (nSPS) is 18.2. The van der Waals surface area contributed by atoms with Crippen LogP contribution in [-0.2, 0) is 4.74 Å². The predicted molar refractivity (Wildman–Crippen MR) is 86.7 cm³/mol. The standard InChI is InChI=1S/C18H29NO2/c1-13-9-14(2)18(15(3)10-13)17(20)12-19(4)11-16-5-7-21-8-6-16/h9-10,16-17,20H,5-8,11-12H2,1-4H3. The molecule has 21 heavy (non-hydrogen) atoms. The van der Waals surface area contributed by atoms with Crippen molar-refractivity contribution in [3.63, 3.8) is 0 Å². The largest absolute Gasteiger partial charge is 0.387 e. The van der Waals surface area contributed by atoms with E-state index in [1.54, 1.807) is 0 Å². The van der Waals surface area contributed by atoms with E-state index in [1.807, 2.05) is 0 Å². The molecule has 1 aliphatic rings. The lowest BCUT2D eigenvalue weighted by Crippen LogP contribution is -2.32. The quantitative estimate of drug-likeness (QED) is 0.905. The topological polar surface area (TPSA) is 32.7 Å². The number of aliphatic hydroxyl groups excluding tert-OH is 1. The minimum atomic E-state index is -0.407. The molecule has 1 atom stereocenters. The number of hydrogen-bond acceptors (Lipinski definition) is 3. The molecule has 1 saturated heterocycles. The molecule has 1 N–H and O–H groups in total. The van der Waals surface area contributed by atoms with E-state index in [0.29, 0.717) is 12.5 Å². The van der Waals surface area contributed by atoms with E-state index >= 15 is 0 Å². The van der Waals surface area contributed by atoms with Gasteiger partial charge in [0.05, 0.1) is 6.10 Å². The van der Waals surface area contributed by atoms with Crippen LogP contribution in [0.25, 0.3) is 0 Å². The highest BCUT2D eigenvalue weighted by Gasteiger charge is 2.19. The summed E-state index contributed by atoms with van der Waals surface area (Å²) in [6, 6.07) is 4.31. The molecule has 0 aromatic heterocycles. The minimum Gasteiger partial charge on any atom is -0.387 e. The highest BCUT2D eigenvalue weighted by atomic mass is 16.5. The second-order valence-corrected chi connectivity index (χ2v) is 6.61. The van der Waals surface area contributed by atoms with Crippen LogP contribution in [0, 0.1) is 26.7 Å². The van der Waals surface area contributed by atoms with Crippen molar-refractivity contribution in [2.24, 2.45) is 5.92 Å².